The van der Waals surface area contributed by atoms with Crippen LogP contribution in [0, 0.1) is 6.92 Å². The van der Waals surface area contributed by atoms with Gasteiger partial charge in [-0.1, -0.05) is 24.2 Å². The molecule has 0 fully saturated rings. The van der Waals surface area contributed by atoms with Gasteiger partial charge in [0.2, 0.25) is 0 Å². The van der Waals surface area contributed by atoms with Crippen LogP contribution in [0.2, 0.25) is 5.02 Å². The molecule has 1 rings (SSSR count). The first-order chi connectivity index (χ1) is 6.63. The van der Waals surface area contributed by atoms with Crippen LogP contribution in [0.1, 0.15) is 5.56 Å². The van der Waals surface area contributed by atoms with Crippen molar-refractivity contribution in [2.75, 3.05) is 12.4 Å². The van der Waals surface area contributed by atoms with Crippen LogP contribution in [-0.4, -0.2) is 12.4 Å². The Bertz CT molecular complexity index is 336. The predicted octanol–water partition coefficient (Wildman–Crippen LogP) is 3.51. The third-order valence-corrected chi connectivity index (χ3v) is 2.49. The molecule has 3 heteroatoms. The Balaban J connectivity index is 2.63. The van der Waals surface area contributed by atoms with Crippen LogP contribution in [0.25, 0.3) is 0 Å². The van der Waals surface area contributed by atoms with Gasteiger partial charge >= 0.3 is 0 Å². The summed E-state index contributed by atoms with van der Waals surface area (Å²) in [6, 6.07) is 5.70. The quantitative estimate of drug-likeness (QED) is 0.613. The summed E-state index contributed by atoms with van der Waals surface area (Å²) in [4.78, 5) is 0. The summed E-state index contributed by atoms with van der Waals surface area (Å²) in [5.74, 6) is 1.32. The molecular weight excluding hydrogens is 216 g/mol. The third-order valence-electron chi connectivity index (χ3n) is 1.74. The van der Waals surface area contributed by atoms with Crippen molar-refractivity contribution in [2.24, 2.45) is 0 Å². The van der Waals surface area contributed by atoms with Crippen LogP contribution in [0.4, 0.5) is 0 Å². The predicted molar refractivity (Wildman–Crippen MR) is 64.7 cm³/mol. The zero-order valence-corrected chi connectivity index (χ0v) is 9.74. The molecule has 1 aromatic carbocycles. The number of benzene rings is 1. The third kappa shape index (κ3) is 3.28. The van der Waals surface area contributed by atoms with Gasteiger partial charge in [-0.2, -0.15) is 12.6 Å². The Kier molecular flexibility index (Phi) is 4.36. The van der Waals surface area contributed by atoms with Crippen LogP contribution in [0.5, 0.6) is 5.75 Å². The van der Waals surface area contributed by atoms with E-state index in [1.165, 1.54) is 0 Å². The van der Waals surface area contributed by atoms with Crippen LogP contribution in [-0.2, 0) is 0 Å². The lowest BCUT2D eigenvalue weighted by Crippen LogP contribution is -2.01. The van der Waals surface area contributed by atoms with Crippen LogP contribution in [0.15, 0.2) is 30.4 Å². The van der Waals surface area contributed by atoms with Gasteiger partial charge in [-0.3, -0.25) is 0 Å². The molecule has 0 heterocycles. The van der Waals surface area contributed by atoms with E-state index in [1.807, 2.05) is 25.1 Å². The highest BCUT2D eigenvalue weighted by atomic mass is 35.5. The van der Waals surface area contributed by atoms with Crippen molar-refractivity contribution in [3.8, 4) is 5.75 Å². The van der Waals surface area contributed by atoms with Gasteiger partial charge in [-0.15, -0.1) is 0 Å². The van der Waals surface area contributed by atoms with Gasteiger partial charge < -0.3 is 4.74 Å². The number of thiol groups is 1. The van der Waals surface area contributed by atoms with Gasteiger partial charge in [0, 0.05) is 5.75 Å². The van der Waals surface area contributed by atoms with Crippen molar-refractivity contribution in [3.63, 3.8) is 0 Å². The van der Waals surface area contributed by atoms with Gasteiger partial charge in [0.1, 0.15) is 12.4 Å². The summed E-state index contributed by atoms with van der Waals surface area (Å²) in [5.41, 5.74) is 2.06. The zero-order chi connectivity index (χ0) is 10.6. The number of ether oxygens (including phenoxy) is 1. The summed E-state index contributed by atoms with van der Waals surface area (Å²) in [6.45, 7) is 6.24. The van der Waals surface area contributed by atoms with Crippen LogP contribution < -0.4 is 4.74 Å². The van der Waals surface area contributed by atoms with Gasteiger partial charge in [-0.25, -0.2) is 0 Å². The van der Waals surface area contributed by atoms with E-state index in [9.17, 15) is 0 Å². The number of hydrogen-bond donors (Lipinski definition) is 1. The largest absolute Gasteiger partial charge is 0.488 e. The van der Waals surface area contributed by atoms with Gasteiger partial charge in [0.15, 0.2) is 0 Å². The minimum atomic E-state index is 0.465. The summed E-state index contributed by atoms with van der Waals surface area (Å²) < 4.78 is 5.46. The molecule has 0 aliphatic carbocycles. The molecule has 0 amide bonds. The first-order valence-electron chi connectivity index (χ1n) is 4.30. The molecule has 0 radical (unpaired) electrons. The Morgan fingerprint density at radius 3 is 2.86 bits per heavy atom. The first kappa shape index (κ1) is 11.5. The smallest absolute Gasteiger partial charge is 0.138 e. The van der Waals surface area contributed by atoms with Gasteiger partial charge in [0.25, 0.3) is 0 Å². The minimum Gasteiger partial charge on any atom is -0.488 e. The number of aryl methyl sites for hydroxylation is 1. The molecule has 0 unspecified atom stereocenters. The molecule has 0 bridgehead atoms. The fourth-order valence-electron chi connectivity index (χ4n) is 0.948. The molecule has 0 atom stereocenters. The number of halogens is 1. The maximum absolute atomic E-state index is 5.98. The Morgan fingerprint density at radius 2 is 2.29 bits per heavy atom. The minimum absolute atomic E-state index is 0.465. The molecule has 0 aromatic heterocycles. The van der Waals surface area contributed by atoms with Crippen molar-refractivity contribution in [1.29, 1.82) is 0 Å². The van der Waals surface area contributed by atoms with E-state index in [1.54, 1.807) is 0 Å². The molecule has 0 saturated heterocycles. The molecule has 14 heavy (non-hydrogen) atoms. The Labute approximate surface area is 95.1 Å². The molecular formula is C11H13ClOS. The summed E-state index contributed by atoms with van der Waals surface area (Å²) >= 11 is 10.1. The standard InChI is InChI=1S/C11H13ClOS/c1-8-3-4-11(10(12)5-8)13-6-9(2)7-14/h3-5,14H,2,6-7H2,1H3. The van der Waals surface area contributed by atoms with Gasteiger partial charge in [-0.05, 0) is 30.2 Å². The molecule has 0 aliphatic rings. The topological polar surface area (TPSA) is 9.23 Å². The van der Waals surface area contributed by atoms with Crippen molar-refractivity contribution >= 4 is 24.2 Å². The van der Waals surface area contributed by atoms with E-state index in [0.717, 1.165) is 11.1 Å². The van der Waals surface area contributed by atoms with E-state index < -0.39 is 0 Å². The Hall–Kier alpha value is -0.600. The van der Waals surface area contributed by atoms with Crippen LogP contribution in [0.3, 0.4) is 0 Å². The van der Waals surface area contributed by atoms with Gasteiger partial charge in [0.05, 0.1) is 5.02 Å². The first-order valence-corrected chi connectivity index (χ1v) is 5.31. The maximum Gasteiger partial charge on any atom is 0.138 e. The fraction of sp³-hybridized carbons (Fsp3) is 0.273. The van der Waals surface area contributed by atoms with Crippen molar-refractivity contribution < 1.29 is 4.74 Å². The van der Waals surface area contributed by atoms with E-state index in [0.29, 0.717) is 23.1 Å². The molecule has 0 saturated carbocycles. The molecule has 1 aromatic rings. The molecule has 76 valence electrons. The van der Waals surface area contributed by atoms with E-state index >= 15 is 0 Å². The lowest BCUT2D eigenvalue weighted by atomic mass is 10.2. The second kappa shape index (κ2) is 5.32. The highest BCUT2D eigenvalue weighted by Crippen LogP contribution is 2.25. The van der Waals surface area contributed by atoms with Crippen molar-refractivity contribution in [3.05, 3.63) is 40.9 Å². The zero-order valence-electron chi connectivity index (χ0n) is 8.09. The fourth-order valence-corrected chi connectivity index (χ4v) is 1.33. The average molecular weight is 229 g/mol. The highest BCUT2D eigenvalue weighted by Gasteiger charge is 2.01. The number of rotatable bonds is 4. The molecule has 0 aliphatic heterocycles. The van der Waals surface area contributed by atoms with E-state index in [2.05, 4.69) is 19.2 Å². The molecule has 1 nitrogen and oxygen atoms in total. The van der Waals surface area contributed by atoms with E-state index in [-0.39, 0.29) is 0 Å². The second-order valence-corrected chi connectivity index (χ2v) is 3.85. The molecule has 0 N–H and O–H groups in total. The normalized spacial score (nSPS) is 9.93. The van der Waals surface area contributed by atoms with Crippen LogP contribution >= 0.6 is 24.2 Å². The van der Waals surface area contributed by atoms with Crippen molar-refractivity contribution in [2.45, 2.75) is 6.92 Å². The highest BCUT2D eigenvalue weighted by molar-refractivity contribution is 7.80. The molecule has 0 spiro atoms. The summed E-state index contributed by atoms with van der Waals surface area (Å²) in [5, 5.41) is 0.636. The SMILES string of the molecule is C=C(CS)COc1ccc(C)cc1Cl. The lowest BCUT2D eigenvalue weighted by molar-refractivity contribution is 0.353. The van der Waals surface area contributed by atoms with E-state index in [4.69, 9.17) is 16.3 Å². The lowest BCUT2D eigenvalue weighted by Gasteiger charge is -2.08. The average Bonchev–Trinajstić information content (AvgIpc) is 2.16. The monoisotopic (exact) mass is 228 g/mol. The maximum atomic E-state index is 5.98. The Morgan fingerprint density at radius 1 is 1.57 bits per heavy atom. The number of hydrogen-bond acceptors (Lipinski definition) is 2. The van der Waals surface area contributed by atoms with Crippen molar-refractivity contribution in [1.82, 2.24) is 0 Å². The second-order valence-electron chi connectivity index (χ2n) is 3.13. The summed E-state index contributed by atoms with van der Waals surface area (Å²) in [6.07, 6.45) is 0. The summed E-state index contributed by atoms with van der Waals surface area (Å²) in [7, 11) is 0.